The van der Waals surface area contributed by atoms with E-state index in [0.29, 0.717) is 18.1 Å². The van der Waals surface area contributed by atoms with Crippen molar-refractivity contribution in [2.24, 2.45) is 0 Å². The fourth-order valence-electron chi connectivity index (χ4n) is 2.10. The first-order chi connectivity index (χ1) is 8.49. The van der Waals surface area contributed by atoms with E-state index in [1.807, 2.05) is 26.0 Å². The zero-order valence-corrected chi connectivity index (χ0v) is 11.6. The highest BCUT2D eigenvalue weighted by atomic mass is 32.2. The van der Waals surface area contributed by atoms with Gasteiger partial charge in [0.05, 0.1) is 4.90 Å². The van der Waals surface area contributed by atoms with Gasteiger partial charge in [0.2, 0.25) is 10.0 Å². The molecule has 1 aliphatic rings. The Bertz CT molecular complexity index is 519. The molecule has 0 aromatic heterocycles. The lowest BCUT2D eigenvalue weighted by Crippen LogP contribution is -2.39. The van der Waals surface area contributed by atoms with Gasteiger partial charge in [-0.3, -0.25) is 0 Å². The average molecular weight is 269 g/mol. The van der Waals surface area contributed by atoms with Gasteiger partial charge in [-0.05, 0) is 43.9 Å². The van der Waals surface area contributed by atoms with Crippen LogP contribution in [0.5, 0.6) is 0 Å². The number of benzene rings is 1. The average Bonchev–Trinajstić information content (AvgIpc) is 2.33. The van der Waals surface area contributed by atoms with Crippen molar-refractivity contribution in [1.29, 1.82) is 0 Å². The summed E-state index contributed by atoms with van der Waals surface area (Å²) in [6.07, 6.45) is 1.48. The summed E-state index contributed by atoms with van der Waals surface area (Å²) in [5.74, 6) is 0. The van der Waals surface area contributed by atoms with Crippen LogP contribution < -0.4 is 4.72 Å². The maximum atomic E-state index is 12.3. The third-order valence-corrected chi connectivity index (χ3v) is 4.84. The molecule has 0 atom stereocenters. The van der Waals surface area contributed by atoms with Crippen LogP contribution >= 0.6 is 0 Å². The van der Waals surface area contributed by atoms with Crippen molar-refractivity contribution in [2.75, 3.05) is 13.2 Å². The van der Waals surface area contributed by atoms with Gasteiger partial charge in [0.15, 0.2) is 0 Å². The van der Waals surface area contributed by atoms with Gasteiger partial charge >= 0.3 is 0 Å². The third-order valence-electron chi connectivity index (χ3n) is 3.18. The SMILES string of the molecule is Cc1ccc(C)c(S(=O)(=O)NC2CCOCC2)c1. The van der Waals surface area contributed by atoms with Crippen molar-refractivity contribution in [3.05, 3.63) is 29.3 Å². The van der Waals surface area contributed by atoms with Crippen molar-refractivity contribution in [2.45, 2.75) is 37.6 Å². The zero-order chi connectivity index (χ0) is 13.2. The first-order valence-electron chi connectivity index (χ1n) is 6.16. The van der Waals surface area contributed by atoms with Crippen LogP contribution in [0.25, 0.3) is 0 Å². The molecule has 1 aromatic carbocycles. The molecule has 0 unspecified atom stereocenters. The van der Waals surface area contributed by atoms with Crippen LogP contribution in [0.3, 0.4) is 0 Å². The molecule has 1 saturated heterocycles. The molecule has 1 heterocycles. The van der Waals surface area contributed by atoms with Crippen molar-refractivity contribution in [3.63, 3.8) is 0 Å². The second-order valence-corrected chi connectivity index (χ2v) is 6.46. The predicted molar refractivity (Wildman–Crippen MR) is 70.1 cm³/mol. The minimum Gasteiger partial charge on any atom is -0.381 e. The summed E-state index contributed by atoms with van der Waals surface area (Å²) >= 11 is 0. The first kappa shape index (κ1) is 13.5. The highest BCUT2D eigenvalue weighted by molar-refractivity contribution is 7.89. The number of aryl methyl sites for hydroxylation is 2. The Balaban J connectivity index is 2.21. The predicted octanol–water partition coefficient (Wildman–Crippen LogP) is 1.76. The van der Waals surface area contributed by atoms with Crippen LogP contribution in [-0.4, -0.2) is 27.7 Å². The van der Waals surface area contributed by atoms with Crippen LogP contribution in [-0.2, 0) is 14.8 Å². The van der Waals surface area contributed by atoms with Gasteiger partial charge in [0, 0.05) is 19.3 Å². The van der Waals surface area contributed by atoms with E-state index < -0.39 is 10.0 Å². The number of sulfonamides is 1. The lowest BCUT2D eigenvalue weighted by molar-refractivity contribution is 0.0832. The standard InChI is InChI=1S/C13H19NO3S/c1-10-3-4-11(2)13(9-10)18(15,16)14-12-5-7-17-8-6-12/h3-4,9,12,14H,5-8H2,1-2H3. The van der Waals surface area contributed by atoms with Crippen LogP contribution in [0.2, 0.25) is 0 Å². The molecule has 5 heteroatoms. The minimum atomic E-state index is -3.42. The molecule has 0 bridgehead atoms. The van der Waals surface area contributed by atoms with Crippen LogP contribution in [0.15, 0.2) is 23.1 Å². The lowest BCUT2D eigenvalue weighted by atomic mass is 10.1. The summed E-state index contributed by atoms with van der Waals surface area (Å²) in [5, 5.41) is 0. The zero-order valence-electron chi connectivity index (χ0n) is 10.8. The van der Waals surface area contributed by atoms with E-state index in [9.17, 15) is 8.42 Å². The fourth-order valence-corrected chi connectivity index (χ4v) is 3.73. The number of hydrogen-bond donors (Lipinski definition) is 1. The van der Waals surface area contributed by atoms with Gasteiger partial charge in [-0.2, -0.15) is 0 Å². The van der Waals surface area contributed by atoms with Crippen molar-refractivity contribution in [3.8, 4) is 0 Å². The van der Waals surface area contributed by atoms with E-state index in [1.165, 1.54) is 0 Å². The summed E-state index contributed by atoms with van der Waals surface area (Å²) in [6.45, 7) is 4.96. The molecule has 0 spiro atoms. The van der Waals surface area contributed by atoms with Crippen LogP contribution in [0.1, 0.15) is 24.0 Å². The largest absolute Gasteiger partial charge is 0.381 e. The number of nitrogens with one attached hydrogen (secondary N) is 1. The molecule has 4 nitrogen and oxygen atoms in total. The molecule has 0 aliphatic carbocycles. The van der Waals surface area contributed by atoms with E-state index in [-0.39, 0.29) is 6.04 Å². The van der Waals surface area contributed by atoms with E-state index in [4.69, 9.17) is 4.74 Å². The van der Waals surface area contributed by atoms with E-state index in [2.05, 4.69) is 4.72 Å². The highest BCUT2D eigenvalue weighted by Crippen LogP contribution is 2.18. The second kappa shape index (κ2) is 5.38. The second-order valence-electron chi connectivity index (χ2n) is 4.78. The van der Waals surface area contributed by atoms with Gasteiger partial charge in [0.1, 0.15) is 0 Å². The first-order valence-corrected chi connectivity index (χ1v) is 7.65. The van der Waals surface area contributed by atoms with Gasteiger partial charge in [-0.25, -0.2) is 13.1 Å². The Morgan fingerprint density at radius 1 is 1.22 bits per heavy atom. The Labute approximate surface area is 108 Å². The van der Waals surface area contributed by atoms with Gasteiger partial charge < -0.3 is 4.74 Å². The summed E-state index contributed by atoms with van der Waals surface area (Å²) in [6, 6.07) is 5.47. The topological polar surface area (TPSA) is 55.4 Å². The molecular weight excluding hydrogens is 250 g/mol. The summed E-state index contributed by atoms with van der Waals surface area (Å²) in [4.78, 5) is 0.383. The van der Waals surface area contributed by atoms with E-state index in [0.717, 1.165) is 24.0 Å². The fraction of sp³-hybridized carbons (Fsp3) is 0.538. The molecule has 0 saturated carbocycles. The molecule has 0 radical (unpaired) electrons. The number of rotatable bonds is 3. The molecule has 1 fully saturated rings. The Kier molecular flexibility index (Phi) is 4.04. The monoisotopic (exact) mass is 269 g/mol. The van der Waals surface area contributed by atoms with Crippen LogP contribution in [0.4, 0.5) is 0 Å². The van der Waals surface area contributed by atoms with Crippen molar-refractivity contribution < 1.29 is 13.2 Å². The molecule has 2 rings (SSSR count). The molecule has 1 aliphatic heterocycles. The normalized spacial score (nSPS) is 17.9. The summed E-state index contributed by atoms with van der Waals surface area (Å²) in [5.41, 5.74) is 1.73. The number of hydrogen-bond acceptors (Lipinski definition) is 3. The molecular formula is C13H19NO3S. The smallest absolute Gasteiger partial charge is 0.241 e. The Morgan fingerprint density at radius 3 is 2.56 bits per heavy atom. The lowest BCUT2D eigenvalue weighted by Gasteiger charge is -2.23. The number of ether oxygens (including phenoxy) is 1. The van der Waals surface area contributed by atoms with Gasteiger partial charge in [0.25, 0.3) is 0 Å². The van der Waals surface area contributed by atoms with Crippen molar-refractivity contribution >= 4 is 10.0 Å². The van der Waals surface area contributed by atoms with E-state index >= 15 is 0 Å². The third kappa shape index (κ3) is 3.10. The molecule has 18 heavy (non-hydrogen) atoms. The van der Waals surface area contributed by atoms with Crippen LogP contribution in [0, 0.1) is 13.8 Å². The molecule has 1 aromatic rings. The van der Waals surface area contributed by atoms with E-state index in [1.54, 1.807) is 6.07 Å². The maximum Gasteiger partial charge on any atom is 0.241 e. The summed E-state index contributed by atoms with van der Waals surface area (Å²) in [7, 11) is -3.42. The molecule has 0 amide bonds. The maximum absolute atomic E-state index is 12.3. The summed E-state index contributed by atoms with van der Waals surface area (Å²) < 4.78 is 32.6. The quantitative estimate of drug-likeness (QED) is 0.909. The van der Waals surface area contributed by atoms with Gasteiger partial charge in [-0.1, -0.05) is 12.1 Å². The highest BCUT2D eigenvalue weighted by Gasteiger charge is 2.23. The Hall–Kier alpha value is -0.910. The Morgan fingerprint density at radius 2 is 1.89 bits per heavy atom. The molecule has 100 valence electrons. The minimum absolute atomic E-state index is 0.0105. The molecule has 1 N–H and O–H groups in total. The van der Waals surface area contributed by atoms with Crippen molar-refractivity contribution in [1.82, 2.24) is 4.72 Å². The van der Waals surface area contributed by atoms with Gasteiger partial charge in [-0.15, -0.1) is 0 Å².